The highest BCUT2D eigenvalue weighted by Gasteiger charge is 2.30. The Morgan fingerprint density at radius 2 is 0.490 bits per heavy atom. The van der Waals surface area contributed by atoms with E-state index in [4.69, 9.17) is 37.0 Å². The van der Waals surface area contributed by atoms with Crippen LogP contribution in [0.5, 0.6) is 0 Å². The Kier molecular flexibility index (Phi) is 70.6. The fourth-order valence-corrected chi connectivity index (χ4v) is 13.8. The van der Waals surface area contributed by atoms with Crippen LogP contribution in [0.4, 0.5) is 0 Å². The molecule has 6 atom stereocenters. The lowest BCUT2D eigenvalue weighted by Gasteiger charge is -2.21. The number of carbonyl (C=O) groups is 4. The van der Waals surface area contributed by atoms with Crippen LogP contribution in [0.2, 0.25) is 0 Å². The summed E-state index contributed by atoms with van der Waals surface area (Å²) < 4.78 is 68.5. The summed E-state index contributed by atoms with van der Waals surface area (Å²) in [6.07, 6.45) is 62.8. The summed E-state index contributed by atoms with van der Waals surface area (Å²) in [5.41, 5.74) is 0. The number of phosphoric acid groups is 2. The number of phosphoric ester groups is 2. The Morgan fingerprint density at radius 1 is 0.286 bits per heavy atom. The molecule has 0 rings (SSSR count). The molecule has 0 amide bonds. The lowest BCUT2D eigenvalue weighted by Crippen LogP contribution is -2.30. The molecule has 0 bridgehead atoms. The number of ether oxygens (including phenoxy) is 4. The lowest BCUT2D eigenvalue weighted by molar-refractivity contribution is -0.161. The van der Waals surface area contributed by atoms with Crippen molar-refractivity contribution in [1.29, 1.82) is 0 Å². The van der Waals surface area contributed by atoms with Crippen molar-refractivity contribution >= 4 is 39.5 Å². The zero-order valence-electron chi connectivity index (χ0n) is 63.9. The third kappa shape index (κ3) is 71.1. The topological polar surface area (TPSA) is 237 Å². The van der Waals surface area contributed by atoms with Crippen LogP contribution in [0.15, 0.2) is 0 Å². The molecule has 0 aliphatic heterocycles. The van der Waals surface area contributed by atoms with E-state index >= 15 is 0 Å². The largest absolute Gasteiger partial charge is 0.472 e. The van der Waals surface area contributed by atoms with Gasteiger partial charge in [-0.05, 0) is 31.6 Å². The van der Waals surface area contributed by atoms with Gasteiger partial charge < -0.3 is 33.8 Å². The van der Waals surface area contributed by atoms with Gasteiger partial charge in [-0.3, -0.25) is 37.3 Å². The van der Waals surface area contributed by atoms with Crippen LogP contribution in [0.3, 0.4) is 0 Å². The molecule has 3 unspecified atom stereocenters. The second-order valence-corrected chi connectivity index (χ2v) is 31.6. The number of carbonyl (C=O) groups excluding carboxylic acids is 4. The van der Waals surface area contributed by atoms with Crippen LogP contribution in [-0.2, 0) is 65.4 Å². The van der Waals surface area contributed by atoms with Crippen molar-refractivity contribution in [2.75, 3.05) is 39.6 Å². The monoisotopic (exact) mass is 1440 g/mol. The minimum Gasteiger partial charge on any atom is -0.462 e. The second-order valence-electron chi connectivity index (χ2n) is 28.7. The normalized spacial score (nSPS) is 14.2. The van der Waals surface area contributed by atoms with Crippen LogP contribution in [0.25, 0.3) is 0 Å². The highest BCUT2D eigenvalue weighted by Crippen LogP contribution is 2.45. The zero-order chi connectivity index (χ0) is 71.9. The molecule has 0 aliphatic rings. The molecule has 0 spiro atoms. The standard InChI is InChI=1S/C79H154O17P2/c1-6-10-13-16-19-22-24-26-28-30-32-33-35-37-39-41-43-45-48-54-59-64-78(83)95-74(68-90-77(82)63-58-53-47-44-42-40-38-36-34-31-29-27-25-23-20-17-14-11-7-2)70-93-97(85,86)91-66-73(80)67-92-98(87,88)94-71-75(69-89-76(81)62-57-52-46-21-18-15-12-8-3)96-79(84)65-60-55-50-49-51-56-61-72(5)9-4/h72-75,80H,6-71H2,1-5H3,(H,85,86)(H,87,88)/t72?,73-,74-,75-/m1/s1. The highest BCUT2D eigenvalue weighted by molar-refractivity contribution is 7.47. The molecule has 0 saturated carbocycles. The van der Waals surface area contributed by atoms with E-state index in [1.165, 1.54) is 238 Å². The van der Waals surface area contributed by atoms with Gasteiger partial charge in [-0.1, -0.05) is 369 Å². The maximum absolute atomic E-state index is 13.1. The quantitative estimate of drug-likeness (QED) is 0.0222. The Morgan fingerprint density at radius 3 is 0.724 bits per heavy atom. The molecule has 0 heterocycles. The predicted octanol–water partition coefficient (Wildman–Crippen LogP) is 23.6. The van der Waals surface area contributed by atoms with E-state index in [-0.39, 0.29) is 25.7 Å². The molecule has 17 nitrogen and oxygen atoms in total. The second kappa shape index (κ2) is 72.0. The van der Waals surface area contributed by atoms with Crippen LogP contribution in [0, 0.1) is 5.92 Å². The number of hydrogen-bond donors (Lipinski definition) is 3. The summed E-state index contributed by atoms with van der Waals surface area (Å²) >= 11 is 0. The van der Waals surface area contributed by atoms with Gasteiger partial charge in [0.1, 0.15) is 19.3 Å². The molecule has 0 aromatic rings. The Labute approximate surface area is 600 Å². The van der Waals surface area contributed by atoms with Crippen molar-refractivity contribution in [1.82, 2.24) is 0 Å². The first-order valence-corrected chi connectivity index (χ1v) is 44.2. The van der Waals surface area contributed by atoms with Gasteiger partial charge in [0.25, 0.3) is 0 Å². The molecule has 0 aromatic heterocycles. The van der Waals surface area contributed by atoms with Gasteiger partial charge in [0.15, 0.2) is 12.2 Å². The van der Waals surface area contributed by atoms with Gasteiger partial charge in [0, 0.05) is 25.7 Å². The van der Waals surface area contributed by atoms with Crippen molar-refractivity contribution in [3.8, 4) is 0 Å². The molecule has 0 radical (unpaired) electrons. The zero-order valence-corrected chi connectivity index (χ0v) is 65.7. The fraction of sp³-hybridized carbons (Fsp3) is 0.949. The Balaban J connectivity index is 5.16. The summed E-state index contributed by atoms with van der Waals surface area (Å²) in [5, 5.41) is 10.6. The number of aliphatic hydroxyl groups is 1. The van der Waals surface area contributed by atoms with Gasteiger partial charge in [0.2, 0.25) is 0 Å². The minimum absolute atomic E-state index is 0.103. The maximum atomic E-state index is 13.1. The van der Waals surface area contributed by atoms with Crippen LogP contribution in [0.1, 0.15) is 420 Å². The van der Waals surface area contributed by atoms with Gasteiger partial charge >= 0.3 is 39.5 Å². The van der Waals surface area contributed by atoms with Crippen LogP contribution in [-0.4, -0.2) is 96.7 Å². The maximum Gasteiger partial charge on any atom is 0.472 e. The van der Waals surface area contributed by atoms with Gasteiger partial charge in [-0.2, -0.15) is 0 Å². The summed E-state index contributed by atoms with van der Waals surface area (Å²) in [6, 6.07) is 0. The van der Waals surface area contributed by atoms with Crippen molar-refractivity contribution in [2.24, 2.45) is 5.92 Å². The molecular weight excluding hydrogens is 1280 g/mol. The van der Waals surface area contributed by atoms with E-state index in [1.54, 1.807) is 0 Å². The summed E-state index contributed by atoms with van der Waals surface area (Å²) in [4.78, 5) is 72.8. The summed E-state index contributed by atoms with van der Waals surface area (Å²) in [5.74, 6) is -1.40. The smallest absolute Gasteiger partial charge is 0.462 e. The van der Waals surface area contributed by atoms with Crippen LogP contribution >= 0.6 is 15.6 Å². The number of aliphatic hydroxyl groups excluding tert-OH is 1. The number of unbranched alkanes of at least 4 members (excludes halogenated alkanes) is 50. The predicted molar refractivity (Wildman–Crippen MR) is 400 cm³/mol. The number of hydrogen-bond acceptors (Lipinski definition) is 15. The SMILES string of the molecule is CCCCCCCCCCCCCCCCCCCCCCCC(=O)O[C@H](COC(=O)CCCCCCCCCCCCCCCCCCCCC)COP(=O)(O)OC[C@@H](O)COP(=O)(O)OC[C@@H](COC(=O)CCCCCCCCCC)OC(=O)CCCCCCCCC(C)CC. The molecular formula is C79H154O17P2. The van der Waals surface area contributed by atoms with E-state index in [0.717, 1.165) is 102 Å². The highest BCUT2D eigenvalue weighted by atomic mass is 31.2. The summed E-state index contributed by atoms with van der Waals surface area (Å²) in [7, 11) is -9.91. The Hall–Kier alpha value is -1.94. The van der Waals surface area contributed by atoms with Crippen LogP contribution < -0.4 is 0 Å². The molecule has 0 fully saturated rings. The van der Waals surface area contributed by atoms with Crippen molar-refractivity contribution in [3.05, 3.63) is 0 Å². The molecule has 0 saturated heterocycles. The average Bonchev–Trinajstić information content (AvgIpc) is 0.959. The first-order valence-electron chi connectivity index (χ1n) is 41.2. The van der Waals surface area contributed by atoms with E-state index in [1.807, 2.05) is 0 Å². The molecule has 0 aromatic carbocycles. The Bertz CT molecular complexity index is 1880. The van der Waals surface area contributed by atoms with Crippen molar-refractivity contribution in [3.63, 3.8) is 0 Å². The van der Waals surface area contributed by atoms with Gasteiger partial charge in [-0.25, -0.2) is 9.13 Å². The van der Waals surface area contributed by atoms with Crippen molar-refractivity contribution < 1.29 is 80.2 Å². The molecule has 19 heteroatoms. The number of esters is 4. The third-order valence-electron chi connectivity index (χ3n) is 18.9. The molecule has 0 aliphatic carbocycles. The van der Waals surface area contributed by atoms with Gasteiger partial charge in [0.05, 0.1) is 26.4 Å². The van der Waals surface area contributed by atoms with Crippen molar-refractivity contribution in [2.45, 2.75) is 438 Å². The first-order chi connectivity index (χ1) is 47.6. The molecule has 98 heavy (non-hydrogen) atoms. The summed E-state index contributed by atoms with van der Waals surface area (Å²) in [6.45, 7) is 7.23. The first kappa shape index (κ1) is 96.1. The van der Waals surface area contributed by atoms with E-state index in [0.29, 0.717) is 25.7 Å². The average molecular weight is 1440 g/mol. The third-order valence-corrected chi connectivity index (χ3v) is 20.8. The fourth-order valence-electron chi connectivity index (χ4n) is 12.2. The van der Waals surface area contributed by atoms with E-state index < -0.39 is 97.5 Å². The lowest BCUT2D eigenvalue weighted by atomic mass is 10.00. The molecule has 3 N–H and O–H groups in total. The number of rotatable bonds is 79. The van der Waals surface area contributed by atoms with E-state index in [2.05, 4.69) is 34.6 Å². The minimum atomic E-state index is -4.96. The molecule has 582 valence electrons. The van der Waals surface area contributed by atoms with E-state index in [9.17, 15) is 43.2 Å². The van der Waals surface area contributed by atoms with Gasteiger partial charge in [-0.15, -0.1) is 0 Å².